The monoisotopic (exact) mass is 254 g/mol. The van der Waals surface area contributed by atoms with Crippen molar-refractivity contribution in [3.8, 4) is 0 Å². The minimum Gasteiger partial charge on any atom is -0.515 e. The number of allylic oxidation sites excluding steroid dienone is 1. The van der Waals surface area contributed by atoms with Crippen molar-refractivity contribution in [1.82, 2.24) is 9.78 Å². The maximum atomic E-state index is 12.0. The van der Waals surface area contributed by atoms with E-state index in [4.69, 9.17) is 5.11 Å². The molecule has 1 heterocycles. The summed E-state index contributed by atoms with van der Waals surface area (Å²) in [6.07, 6.45) is 3.83. The van der Waals surface area contributed by atoms with Crippen LogP contribution in [-0.4, -0.2) is 20.7 Å². The Morgan fingerprint density at radius 2 is 2.05 bits per heavy atom. The first-order valence-corrected chi connectivity index (χ1v) is 6.26. The molecule has 0 saturated carbocycles. The van der Waals surface area contributed by atoms with E-state index < -0.39 is 0 Å². The van der Waals surface area contributed by atoms with Crippen molar-refractivity contribution >= 4 is 5.78 Å². The number of ketones is 1. The Bertz CT molecular complexity index is 641. The van der Waals surface area contributed by atoms with E-state index in [1.54, 1.807) is 6.20 Å². The first-order valence-electron chi connectivity index (χ1n) is 6.26. The third-order valence-electron chi connectivity index (χ3n) is 3.45. The summed E-state index contributed by atoms with van der Waals surface area (Å²) in [4.78, 5) is 12.0. The van der Waals surface area contributed by atoms with E-state index in [9.17, 15) is 4.79 Å². The number of carbonyl (C=O) groups excluding carboxylic acids is 1. The molecule has 1 aromatic carbocycles. The van der Waals surface area contributed by atoms with Gasteiger partial charge in [0.05, 0.1) is 30.3 Å². The van der Waals surface area contributed by atoms with Gasteiger partial charge in [-0.05, 0) is 18.4 Å². The molecule has 1 aliphatic rings. The predicted molar refractivity (Wildman–Crippen MR) is 71.1 cm³/mol. The molecule has 96 valence electrons. The molecule has 4 heteroatoms. The fraction of sp³-hybridized carbons (Fsp3) is 0.200. The number of carbonyl (C=O) groups is 1. The summed E-state index contributed by atoms with van der Waals surface area (Å²) >= 11 is 0. The highest BCUT2D eigenvalue weighted by Crippen LogP contribution is 2.25. The molecule has 0 spiro atoms. The minimum absolute atomic E-state index is 0.108. The molecule has 1 aromatic heterocycles. The topological polar surface area (TPSA) is 55.1 Å². The lowest BCUT2D eigenvalue weighted by atomic mass is 9.92. The first-order chi connectivity index (χ1) is 9.29. The zero-order valence-corrected chi connectivity index (χ0v) is 10.4. The molecule has 0 unspecified atom stereocenters. The Morgan fingerprint density at radius 1 is 1.26 bits per heavy atom. The summed E-state index contributed by atoms with van der Waals surface area (Å²) in [6, 6.07) is 10.0. The maximum Gasteiger partial charge on any atom is 0.195 e. The Hall–Kier alpha value is -2.36. The number of Topliss-reactive ketones (excluding diaryl/α,β-unsaturated/α-hetero) is 1. The van der Waals surface area contributed by atoms with Crippen molar-refractivity contribution < 1.29 is 9.90 Å². The number of aromatic nitrogens is 2. The molecule has 0 fully saturated rings. The van der Waals surface area contributed by atoms with Crippen LogP contribution in [0.15, 0.2) is 48.4 Å². The molecule has 1 aliphatic carbocycles. The van der Waals surface area contributed by atoms with Gasteiger partial charge in [0.25, 0.3) is 0 Å². The lowest BCUT2D eigenvalue weighted by Gasteiger charge is -2.15. The SMILES string of the molecule is O=C1/C(=C/O)CCc2c1cnn2Cc1ccccc1. The molecule has 2 aromatic rings. The molecule has 19 heavy (non-hydrogen) atoms. The number of hydrogen-bond donors (Lipinski definition) is 1. The third kappa shape index (κ3) is 2.05. The van der Waals surface area contributed by atoms with Crippen molar-refractivity contribution in [1.29, 1.82) is 0 Å². The second kappa shape index (κ2) is 4.72. The zero-order chi connectivity index (χ0) is 13.2. The largest absolute Gasteiger partial charge is 0.515 e. The van der Waals surface area contributed by atoms with Gasteiger partial charge in [-0.15, -0.1) is 0 Å². The molecule has 0 bridgehead atoms. The highest BCUT2D eigenvalue weighted by Gasteiger charge is 2.25. The van der Waals surface area contributed by atoms with Crippen molar-refractivity contribution in [3.05, 3.63) is 65.2 Å². The standard InChI is InChI=1S/C15H14N2O2/c18-10-12-6-7-14-13(15(12)19)8-16-17(14)9-11-4-2-1-3-5-11/h1-5,8,10,18H,6-7,9H2/b12-10+. The number of aliphatic hydroxyl groups excluding tert-OH is 1. The Balaban J connectivity index is 1.93. The molecule has 0 radical (unpaired) electrons. The van der Waals surface area contributed by atoms with E-state index in [1.165, 1.54) is 0 Å². The van der Waals surface area contributed by atoms with Crippen molar-refractivity contribution in [2.45, 2.75) is 19.4 Å². The van der Waals surface area contributed by atoms with Crippen molar-refractivity contribution in [3.63, 3.8) is 0 Å². The van der Waals surface area contributed by atoms with Gasteiger partial charge in [0.2, 0.25) is 0 Å². The Kier molecular flexibility index (Phi) is 2.91. The summed E-state index contributed by atoms with van der Waals surface area (Å²) < 4.78 is 1.87. The average Bonchev–Trinajstić information content (AvgIpc) is 2.85. The Labute approximate surface area is 111 Å². The summed E-state index contributed by atoms with van der Waals surface area (Å²) in [7, 11) is 0. The maximum absolute atomic E-state index is 12.0. The van der Waals surface area contributed by atoms with Crippen LogP contribution in [0.1, 0.15) is 28.0 Å². The second-order valence-electron chi connectivity index (χ2n) is 4.63. The van der Waals surface area contributed by atoms with Crippen molar-refractivity contribution in [2.75, 3.05) is 0 Å². The van der Waals surface area contributed by atoms with E-state index in [0.717, 1.165) is 23.9 Å². The quantitative estimate of drug-likeness (QED) is 0.661. The van der Waals surface area contributed by atoms with E-state index in [-0.39, 0.29) is 5.78 Å². The second-order valence-corrected chi connectivity index (χ2v) is 4.63. The normalized spacial score (nSPS) is 16.6. The molecule has 3 rings (SSSR count). The summed E-state index contributed by atoms with van der Waals surface area (Å²) in [6.45, 7) is 0.668. The predicted octanol–water partition coefficient (Wildman–Crippen LogP) is 2.50. The molecular formula is C15H14N2O2. The summed E-state index contributed by atoms with van der Waals surface area (Å²) in [5, 5.41) is 13.3. The van der Waals surface area contributed by atoms with Gasteiger partial charge in [-0.1, -0.05) is 30.3 Å². The van der Waals surface area contributed by atoms with Gasteiger partial charge in [-0.25, -0.2) is 0 Å². The van der Waals surface area contributed by atoms with Gasteiger partial charge in [0.1, 0.15) is 0 Å². The van der Waals surface area contributed by atoms with E-state index in [2.05, 4.69) is 5.10 Å². The average molecular weight is 254 g/mol. The van der Waals surface area contributed by atoms with Crippen LogP contribution in [0.2, 0.25) is 0 Å². The van der Waals surface area contributed by atoms with E-state index in [1.807, 2.05) is 35.0 Å². The smallest absolute Gasteiger partial charge is 0.195 e. The first kappa shape index (κ1) is 11.7. The van der Waals surface area contributed by atoms with Crippen molar-refractivity contribution in [2.24, 2.45) is 0 Å². The van der Waals surface area contributed by atoms with Gasteiger partial charge < -0.3 is 5.11 Å². The molecule has 0 amide bonds. The number of benzene rings is 1. The molecule has 0 atom stereocenters. The van der Waals surface area contributed by atoms with Gasteiger partial charge in [0.15, 0.2) is 5.78 Å². The van der Waals surface area contributed by atoms with Crippen LogP contribution in [0.3, 0.4) is 0 Å². The highest BCUT2D eigenvalue weighted by molar-refractivity contribution is 6.10. The number of aliphatic hydroxyl groups is 1. The summed E-state index contributed by atoms with van der Waals surface area (Å²) in [5.74, 6) is -0.108. The molecular weight excluding hydrogens is 240 g/mol. The van der Waals surface area contributed by atoms with Crippen LogP contribution < -0.4 is 0 Å². The van der Waals surface area contributed by atoms with E-state index >= 15 is 0 Å². The van der Waals surface area contributed by atoms with E-state index in [0.29, 0.717) is 24.1 Å². The van der Waals surface area contributed by atoms with Gasteiger partial charge >= 0.3 is 0 Å². The zero-order valence-electron chi connectivity index (χ0n) is 10.4. The fourth-order valence-electron chi connectivity index (χ4n) is 2.42. The lowest BCUT2D eigenvalue weighted by molar-refractivity contribution is 0.102. The van der Waals surface area contributed by atoms with Gasteiger partial charge in [-0.3, -0.25) is 9.48 Å². The number of rotatable bonds is 2. The minimum atomic E-state index is -0.108. The highest BCUT2D eigenvalue weighted by atomic mass is 16.2. The molecule has 0 aliphatic heterocycles. The number of hydrogen-bond acceptors (Lipinski definition) is 3. The van der Waals surface area contributed by atoms with Gasteiger partial charge in [0, 0.05) is 5.57 Å². The Morgan fingerprint density at radius 3 is 2.79 bits per heavy atom. The molecule has 0 saturated heterocycles. The van der Waals surface area contributed by atoms with Crippen LogP contribution >= 0.6 is 0 Å². The number of fused-ring (bicyclic) bond motifs is 1. The number of nitrogens with zero attached hydrogens (tertiary/aromatic N) is 2. The summed E-state index contributed by atoms with van der Waals surface area (Å²) in [5.41, 5.74) is 3.19. The van der Waals surface area contributed by atoms with Crippen LogP contribution in [0.4, 0.5) is 0 Å². The lowest BCUT2D eigenvalue weighted by Crippen LogP contribution is -2.16. The third-order valence-corrected chi connectivity index (χ3v) is 3.45. The van der Waals surface area contributed by atoms with Crippen LogP contribution in [0.5, 0.6) is 0 Å². The van der Waals surface area contributed by atoms with Crippen LogP contribution in [0, 0.1) is 0 Å². The molecule has 1 N–H and O–H groups in total. The fourth-order valence-corrected chi connectivity index (χ4v) is 2.42. The van der Waals surface area contributed by atoms with Crippen LogP contribution in [-0.2, 0) is 13.0 Å². The molecule has 4 nitrogen and oxygen atoms in total. The van der Waals surface area contributed by atoms with Gasteiger partial charge in [-0.2, -0.15) is 5.10 Å². The van der Waals surface area contributed by atoms with Crippen LogP contribution in [0.25, 0.3) is 0 Å².